The predicted octanol–water partition coefficient (Wildman–Crippen LogP) is 4.47. The van der Waals surface area contributed by atoms with Crippen LogP contribution in [-0.4, -0.2) is 33.8 Å². The van der Waals surface area contributed by atoms with Crippen LogP contribution in [0.1, 0.15) is 22.9 Å². The molecule has 4 rings (SSSR count). The van der Waals surface area contributed by atoms with Crippen LogP contribution in [0.5, 0.6) is 5.75 Å². The van der Waals surface area contributed by atoms with E-state index < -0.39 is 17.7 Å². The third kappa shape index (κ3) is 4.09. The normalized spacial score (nSPS) is 17.7. The van der Waals surface area contributed by atoms with E-state index in [1.807, 2.05) is 18.2 Å². The van der Waals surface area contributed by atoms with Gasteiger partial charge < -0.3 is 14.7 Å². The average molecular weight is 479 g/mol. The van der Waals surface area contributed by atoms with Gasteiger partial charge in [-0.1, -0.05) is 46.3 Å². The Morgan fingerprint density at radius 2 is 1.87 bits per heavy atom. The lowest BCUT2D eigenvalue weighted by atomic mass is 9.98. The first-order valence-electron chi connectivity index (χ1n) is 9.58. The maximum absolute atomic E-state index is 13.0. The van der Waals surface area contributed by atoms with Gasteiger partial charge in [-0.2, -0.15) is 0 Å². The van der Waals surface area contributed by atoms with Crippen LogP contribution in [0.15, 0.2) is 83.0 Å². The topological polar surface area (TPSA) is 79.7 Å². The highest BCUT2D eigenvalue weighted by Gasteiger charge is 2.46. The van der Waals surface area contributed by atoms with Gasteiger partial charge in [0, 0.05) is 22.8 Å². The summed E-state index contributed by atoms with van der Waals surface area (Å²) in [6, 6.07) is 18.7. The van der Waals surface area contributed by atoms with Crippen LogP contribution in [0.4, 0.5) is 0 Å². The highest BCUT2D eigenvalue weighted by molar-refractivity contribution is 9.10. The number of halogens is 1. The second kappa shape index (κ2) is 8.73. The molecule has 31 heavy (non-hydrogen) atoms. The van der Waals surface area contributed by atoms with Gasteiger partial charge in [0.25, 0.3) is 11.7 Å². The molecule has 2 heterocycles. The number of benzene rings is 2. The monoisotopic (exact) mass is 478 g/mol. The Labute approximate surface area is 187 Å². The Morgan fingerprint density at radius 3 is 2.55 bits per heavy atom. The molecule has 1 amide bonds. The summed E-state index contributed by atoms with van der Waals surface area (Å²) in [6.45, 7) is 0.167. The lowest BCUT2D eigenvalue weighted by Gasteiger charge is -2.24. The van der Waals surface area contributed by atoms with Gasteiger partial charge in [0.05, 0.1) is 18.4 Å². The number of rotatable bonds is 5. The number of carbonyl (C=O) groups excluding carboxylic acids is 2. The molecule has 6 nitrogen and oxygen atoms in total. The predicted molar refractivity (Wildman–Crippen MR) is 119 cm³/mol. The Balaban J connectivity index is 1.83. The van der Waals surface area contributed by atoms with Gasteiger partial charge >= 0.3 is 0 Å². The van der Waals surface area contributed by atoms with E-state index in [2.05, 4.69) is 20.9 Å². The molecule has 0 bridgehead atoms. The number of Topliss-reactive ketones (excluding diaryl/α,β-unsaturated/α-hetero) is 1. The summed E-state index contributed by atoms with van der Waals surface area (Å²) in [5.74, 6) is -0.996. The zero-order chi connectivity index (χ0) is 22.0. The minimum absolute atomic E-state index is 0.0221. The highest BCUT2D eigenvalue weighted by Crippen LogP contribution is 2.39. The third-order valence-electron chi connectivity index (χ3n) is 5.11. The first-order chi connectivity index (χ1) is 15.0. The fourth-order valence-electron chi connectivity index (χ4n) is 3.62. The van der Waals surface area contributed by atoms with Crippen molar-refractivity contribution in [2.75, 3.05) is 7.11 Å². The lowest BCUT2D eigenvalue weighted by molar-refractivity contribution is -0.140. The third-order valence-corrected chi connectivity index (χ3v) is 5.64. The van der Waals surface area contributed by atoms with E-state index in [0.29, 0.717) is 17.0 Å². The summed E-state index contributed by atoms with van der Waals surface area (Å²) in [4.78, 5) is 31.8. The molecule has 1 aromatic heterocycles. The van der Waals surface area contributed by atoms with Crippen molar-refractivity contribution in [2.24, 2.45) is 0 Å². The SMILES string of the molecule is COc1cccc(CN2C(=O)C(=O)/C(=C(\O)c3ccc(Br)cc3)C2c2ccccn2)c1. The van der Waals surface area contributed by atoms with Gasteiger partial charge in [-0.3, -0.25) is 14.6 Å². The van der Waals surface area contributed by atoms with Crippen LogP contribution in [0, 0.1) is 0 Å². The Bertz CT molecular complexity index is 1160. The van der Waals surface area contributed by atoms with Crippen LogP contribution < -0.4 is 4.74 Å². The number of methoxy groups -OCH3 is 1. The molecule has 1 aliphatic heterocycles. The second-order valence-electron chi connectivity index (χ2n) is 7.04. The Morgan fingerprint density at radius 1 is 1.10 bits per heavy atom. The quantitative estimate of drug-likeness (QED) is 0.332. The van der Waals surface area contributed by atoms with E-state index >= 15 is 0 Å². The number of aromatic nitrogens is 1. The molecule has 0 spiro atoms. The first kappa shape index (κ1) is 20.8. The zero-order valence-electron chi connectivity index (χ0n) is 16.7. The summed E-state index contributed by atoms with van der Waals surface area (Å²) in [5.41, 5.74) is 1.77. The summed E-state index contributed by atoms with van der Waals surface area (Å²) in [7, 11) is 1.57. The second-order valence-corrected chi connectivity index (χ2v) is 7.96. The largest absolute Gasteiger partial charge is 0.507 e. The Hall–Kier alpha value is -3.45. The number of pyridine rings is 1. The summed E-state index contributed by atoms with van der Waals surface area (Å²) < 4.78 is 6.11. The van der Waals surface area contributed by atoms with Crippen molar-refractivity contribution in [1.82, 2.24) is 9.88 Å². The number of carbonyl (C=O) groups is 2. The van der Waals surface area contributed by atoms with E-state index in [-0.39, 0.29) is 17.9 Å². The number of aliphatic hydroxyl groups excluding tert-OH is 1. The molecule has 7 heteroatoms. The molecular formula is C24H19BrN2O4. The maximum atomic E-state index is 13.0. The molecule has 3 aromatic rings. The molecule has 2 aromatic carbocycles. The van der Waals surface area contributed by atoms with Crippen LogP contribution >= 0.6 is 15.9 Å². The van der Waals surface area contributed by atoms with Gasteiger partial charge in [0.15, 0.2) is 0 Å². The van der Waals surface area contributed by atoms with Gasteiger partial charge in [0.2, 0.25) is 0 Å². The highest BCUT2D eigenvalue weighted by atomic mass is 79.9. The zero-order valence-corrected chi connectivity index (χ0v) is 18.2. The van der Waals surface area contributed by atoms with Crippen LogP contribution in [0.2, 0.25) is 0 Å². The minimum Gasteiger partial charge on any atom is -0.507 e. The molecule has 1 N–H and O–H groups in total. The number of hydrogen-bond acceptors (Lipinski definition) is 5. The molecule has 1 fully saturated rings. The molecule has 1 unspecified atom stereocenters. The van der Waals surface area contributed by atoms with E-state index in [9.17, 15) is 14.7 Å². The van der Waals surface area contributed by atoms with Gasteiger partial charge in [0.1, 0.15) is 17.6 Å². The van der Waals surface area contributed by atoms with Crippen molar-refractivity contribution in [3.05, 3.63) is 99.8 Å². The van der Waals surface area contributed by atoms with Gasteiger partial charge in [-0.05, 0) is 42.0 Å². The maximum Gasteiger partial charge on any atom is 0.296 e. The molecule has 1 aliphatic rings. The molecular weight excluding hydrogens is 460 g/mol. The van der Waals surface area contributed by atoms with Gasteiger partial charge in [-0.15, -0.1) is 0 Å². The van der Waals surface area contributed by atoms with Crippen LogP contribution in [-0.2, 0) is 16.1 Å². The lowest BCUT2D eigenvalue weighted by Crippen LogP contribution is -2.29. The van der Waals surface area contributed by atoms with Crippen molar-refractivity contribution < 1.29 is 19.4 Å². The first-order valence-corrected chi connectivity index (χ1v) is 10.4. The van der Waals surface area contributed by atoms with Crippen molar-refractivity contribution in [1.29, 1.82) is 0 Å². The van der Waals surface area contributed by atoms with E-state index in [1.54, 1.807) is 61.8 Å². The van der Waals surface area contributed by atoms with E-state index in [4.69, 9.17) is 4.74 Å². The minimum atomic E-state index is -0.809. The van der Waals surface area contributed by atoms with E-state index in [0.717, 1.165) is 10.0 Å². The van der Waals surface area contributed by atoms with Gasteiger partial charge in [-0.25, -0.2) is 0 Å². The van der Waals surface area contributed by atoms with Crippen molar-refractivity contribution >= 4 is 33.4 Å². The fraction of sp³-hybridized carbons (Fsp3) is 0.125. The van der Waals surface area contributed by atoms with E-state index in [1.165, 1.54) is 4.90 Å². The number of amides is 1. The number of ketones is 1. The number of nitrogens with zero attached hydrogens (tertiary/aromatic N) is 2. The summed E-state index contributed by atoms with van der Waals surface area (Å²) in [5, 5.41) is 11.0. The molecule has 1 atom stereocenters. The average Bonchev–Trinajstić information content (AvgIpc) is 3.04. The number of aliphatic hydroxyl groups is 1. The fourth-order valence-corrected chi connectivity index (χ4v) is 3.88. The standard InChI is InChI=1S/C24H19BrN2O4/c1-31-18-6-4-5-15(13-18)14-27-21(19-7-2-3-12-26-19)20(23(29)24(27)30)22(28)16-8-10-17(25)11-9-16/h2-13,21,28H,14H2,1H3/b22-20-. The smallest absolute Gasteiger partial charge is 0.296 e. The molecule has 0 aliphatic carbocycles. The van der Waals surface area contributed by atoms with Crippen molar-refractivity contribution in [2.45, 2.75) is 12.6 Å². The number of ether oxygens (including phenoxy) is 1. The summed E-state index contributed by atoms with van der Waals surface area (Å²) in [6.07, 6.45) is 1.60. The molecule has 0 saturated carbocycles. The molecule has 156 valence electrons. The number of hydrogen-bond donors (Lipinski definition) is 1. The summed E-state index contributed by atoms with van der Waals surface area (Å²) >= 11 is 3.36. The van der Waals surface area contributed by atoms with Crippen molar-refractivity contribution in [3.8, 4) is 5.75 Å². The number of likely N-dealkylation sites (tertiary alicyclic amines) is 1. The molecule has 1 saturated heterocycles. The van der Waals surface area contributed by atoms with Crippen LogP contribution in [0.3, 0.4) is 0 Å². The van der Waals surface area contributed by atoms with Crippen LogP contribution in [0.25, 0.3) is 5.76 Å². The molecule has 0 radical (unpaired) electrons. The Kier molecular flexibility index (Phi) is 5.86. The van der Waals surface area contributed by atoms with Crippen molar-refractivity contribution in [3.63, 3.8) is 0 Å².